The Bertz CT molecular complexity index is 1080. The van der Waals surface area contributed by atoms with Crippen LogP contribution in [0.15, 0.2) is 48.5 Å². The van der Waals surface area contributed by atoms with Gasteiger partial charge in [-0.05, 0) is 42.0 Å². The van der Waals surface area contributed by atoms with Gasteiger partial charge in [0.1, 0.15) is 0 Å². The van der Waals surface area contributed by atoms with Crippen molar-refractivity contribution in [1.29, 1.82) is 0 Å². The van der Waals surface area contributed by atoms with Crippen LogP contribution in [-0.4, -0.2) is 29.7 Å². The molecule has 0 aliphatic rings. The highest BCUT2D eigenvalue weighted by Crippen LogP contribution is 2.37. The lowest BCUT2D eigenvalue weighted by Crippen LogP contribution is -2.28. The molecule has 1 amide bonds. The van der Waals surface area contributed by atoms with Gasteiger partial charge in [0.05, 0.1) is 15.7 Å². The Morgan fingerprint density at radius 3 is 2.62 bits per heavy atom. The van der Waals surface area contributed by atoms with Gasteiger partial charge >= 0.3 is 0 Å². The molecule has 0 bridgehead atoms. The van der Waals surface area contributed by atoms with Crippen LogP contribution in [0.3, 0.4) is 0 Å². The highest BCUT2D eigenvalue weighted by atomic mass is 35.5. The average molecular weight is 538 g/mol. The second-order valence-corrected chi connectivity index (χ2v) is 11.1. The average Bonchev–Trinajstić information content (AvgIpc) is 3.22. The van der Waals surface area contributed by atoms with Gasteiger partial charge in [-0.15, -0.1) is 11.3 Å². The summed E-state index contributed by atoms with van der Waals surface area (Å²) in [7, 11) is 0. The first-order valence-electron chi connectivity index (χ1n) is 11.2. The summed E-state index contributed by atoms with van der Waals surface area (Å²) >= 11 is 15.5. The van der Waals surface area contributed by atoms with Crippen molar-refractivity contribution in [2.24, 2.45) is 11.7 Å². The van der Waals surface area contributed by atoms with E-state index in [1.54, 1.807) is 11.3 Å². The molecule has 1 aromatic heterocycles. The fourth-order valence-corrected chi connectivity index (χ4v) is 5.48. The first kappa shape index (κ1) is 26.8. The number of hydrogen-bond acceptors (Lipinski definition) is 6. The molecule has 3 aromatic rings. The Hall–Kier alpha value is -1.77. The smallest absolute Gasteiger partial charge is 0.231 e. The molecule has 0 spiro atoms. The number of halogens is 2. The standard InChI is InChI=1S/C25H30Cl2N4OS2/c1-17(2)14-22-24(19-8-9-20(26)21(27)15-19)29-25(34-22)31(16-18-6-4-3-5-7-18)12-10-23(32)30-33-13-11-28/h3-9,15,17H,10-14,16,28H2,1-2H3,(H,30,32). The molecule has 0 aliphatic carbocycles. The molecular weight excluding hydrogens is 507 g/mol. The van der Waals surface area contributed by atoms with E-state index in [0.29, 0.717) is 47.8 Å². The number of rotatable bonds is 12. The third-order valence-electron chi connectivity index (χ3n) is 4.97. The zero-order valence-electron chi connectivity index (χ0n) is 19.4. The Morgan fingerprint density at radius 1 is 1.18 bits per heavy atom. The van der Waals surface area contributed by atoms with E-state index in [1.807, 2.05) is 36.4 Å². The van der Waals surface area contributed by atoms with E-state index in [0.717, 1.165) is 28.4 Å². The molecule has 0 saturated heterocycles. The van der Waals surface area contributed by atoms with Crippen molar-refractivity contribution in [2.45, 2.75) is 33.2 Å². The van der Waals surface area contributed by atoms with Crippen molar-refractivity contribution in [2.75, 3.05) is 23.7 Å². The van der Waals surface area contributed by atoms with E-state index in [9.17, 15) is 4.79 Å². The van der Waals surface area contributed by atoms with Gasteiger partial charge in [0.25, 0.3) is 0 Å². The van der Waals surface area contributed by atoms with E-state index in [2.05, 4.69) is 35.6 Å². The number of carbonyl (C=O) groups excluding carboxylic acids is 1. The lowest BCUT2D eigenvalue weighted by Gasteiger charge is -2.22. The quantitative estimate of drug-likeness (QED) is 0.206. The monoisotopic (exact) mass is 536 g/mol. The minimum absolute atomic E-state index is 0.0137. The van der Waals surface area contributed by atoms with E-state index in [4.69, 9.17) is 33.9 Å². The van der Waals surface area contributed by atoms with Crippen LogP contribution >= 0.6 is 46.5 Å². The van der Waals surface area contributed by atoms with Crippen molar-refractivity contribution in [3.05, 3.63) is 69.0 Å². The number of nitrogens with zero attached hydrogens (tertiary/aromatic N) is 2. The van der Waals surface area contributed by atoms with Gasteiger partial charge in [0.15, 0.2) is 5.13 Å². The number of nitrogens with two attached hydrogens (primary N) is 1. The summed E-state index contributed by atoms with van der Waals surface area (Å²) in [4.78, 5) is 20.8. The summed E-state index contributed by atoms with van der Waals surface area (Å²) in [5.74, 6) is 1.15. The molecule has 3 N–H and O–H groups in total. The molecule has 0 atom stereocenters. The molecule has 0 unspecified atom stereocenters. The topological polar surface area (TPSA) is 71.2 Å². The van der Waals surface area contributed by atoms with Crippen molar-refractivity contribution in [3.8, 4) is 11.3 Å². The van der Waals surface area contributed by atoms with Gasteiger partial charge in [-0.1, -0.05) is 73.4 Å². The molecule has 0 saturated carbocycles. The second kappa shape index (κ2) is 13.4. The molecule has 1 heterocycles. The number of amides is 1. The Balaban J connectivity index is 1.90. The number of aromatic nitrogens is 1. The maximum atomic E-state index is 12.4. The molecule has 0 aliphatic heterocycles. The minimum atomic E-state index is -0.0137. The van der Waals surface area contributed by atoms with E-state index < -0.39 is 0 Å². The summed E-state index contributed by atoms with van der Waals surface area (Å²) < 4.78 is 2.86. The predicted molar refractivity (Wildman–Crippen MR) is 148 cm³/mol. The molecule has 2 aromatic carbocycles. The first-order valence-corrected chi connectivity index (χ1v) is 13.8. The Labute approximate surface area is 220 Å². The summed E-state index contributed by atoms with van der Waals surface area (Å²) in [5, 5.41) is 1.93. The molecule has 5 nitrogen and oxygen atoms in total. The zero-order valence-corrected chi connectivity index (χ0v) is 22.5. The van der Waals surface area contributed by atoms with E-state index in [1.165, 1.54) is 16.8 Å². The molecule has 0 radical (unpaired) electrons. The SMILES string of the molecule is CC(C)Cc1sc(N(CCC(=O)NSCCN)Cc2ccccc2)nc1-c1ccc(Cl)c(Cl)c1. The second-order valence-electron chi connectivity index (χ2n) is 8.31. The molecule has 9 heteroatoms. The molecule has 182 valence electrons. The summed E-state index contributed by atoms with van der Waals surface area (Å²) in [5.41, 5.74) is 8.55. The van der Waals surface area contributed by atoms with Crippen LogP contribution in [0, 0.1) is 5.92 Å². The van der Waals surface area contributed by atoms with Gasteiger partial charge in [-0.25, -0.2) is 4.98 Å². The van der Waals surface area contributed by atoms with Crippen molar-refractivity contribution in [3.63, 3.8) is 0 Å². The van der Waals surface area contributed by atoms with Gasteiger partial charge in [-0.2, -0.15) is 0 Å². The molecule has 0 fully saturated rings. The third-order valence-corrected chi connectivity index (χ3v) is 7.66. The van der Waals surface area contributed by atoms with Gasteiger partial charge in [0.2, 0.25) is 5.91 Å². The third kappa shape index (κ3) is 7.89. The summed E-state index contributed by atoms with van der Waals surface area (Å²) in [6, 6.07) is 15.9. The van der Waals surface area contributed by atoms with Crippen molar-refractivity contribution in [1.82, 2.24) is 9.71 Å². The first-order chi connectivity index (χ1) is 16.4. The number of carbonyl (C=O) groups is 1. The van der Waals surface area contributed by atoms with Crippen LogP contribution in [0.1, 0.15) is 30.7 Å². The maximum Gasteiger partial charge on any atom is 0.231 e. The number of thiazole rings is 1. The van der Waals surface area contributed by atoms with Crippen LogP contribution in [0.2, 0.25) is 10.0 Å². The fourth-order valence-electron chi connectivity index (χ4n) is 3.38. The van der Waals surface area contributed by atoms with Crippen LogP contribution in [-0.2, 0) is 17.8 Å². The van der Waals surface area contributed by atoms with Crippen LogP contribution in [0.5, 0.6) is 0 Å². The number of benzene rings is 2. The van der Waals surface area contributed by atoms with Crippen molar-refractivity contribution >= 4 is 57.5 Å². The van der Waals surface area contributed by atoms with Crippen LogP contribution in [0.4, 0.5) is 5.13 Å². The lowest BCUT2D eigenvalue weighted by molar-refractivity contribution is -0.119. The number of nitrogens with one attached hydrogen (secondary N) is 1. The fraction of sp³-hybridized carbons (Fsp3) is 0.360. The molecule has 3 rings (SSSR count). The molecular formula is C25H30Cl2N4OS2. The Kier molecular flexibility index (Phi) is 10.5. The van der Waals surface area contributed by atoms with Gasteiger partial charge in [-0.3, -0.25) is 4.79 Å². The highest BCUT2D eigenvalue weighted by molar-refractivity contribution is 7.97. The number of hydrogen-bond donors (Lipinski definition) is 2. The van der Waals surface area contributed by atoms with E-state index in [-0.39, 0.29) is 5.91 Å². The van der Waals surface area contributed by atoms with Gasteiger partial charge in [0, 0.05) is 42.2 Å². The normalized spacial score (nSPS) is 11.1. The van der Waals surface area contributed by atoms with Crippen LogP contribution < -0.4 is 15.4 Å². The summed E-state index contributed by atoms with van der Waals surface area (Å²) in [6.45, 7) is 6.14. The number of anilines is 1. The van der Waals surface area contributed by atoms with E-state index >= 15 is 0 Å². The predicted octanol–water partition coefficient (Wildman–Crippen LogP) is 6.44. The molecule has 34 heavy (non-hydrogen) atoms. The zero-order chi connectivity index (χ0) is 24.5. The minimum Gasteiger partial charge on any atom is -0.343 e. The van der Waals surface area contributed by atoms with Crippen molar-refractivity contribution < 1.29 is 4.79 Å². The summed E-state index contributed by atoms with van der Waals surface area (Å²) in [6.07, 6.45) is 1.27. The lowest BCUT2D eigenvalue weighted by atomic mass is 10.0. The van der Waals surface area contributed by atoms with Gasteiger partial charge < -0.3 is 15.4 Å². The maximum absolute atomic E-state index is 12.4. The Morgan fingerprint density at radius 2 is 1.94 bits per heavy atom. The van der Waals surface area contributed by atoms with Crippen LogP contribution in [0.25, 0.3) is 11.3 Å². The largest absolute Gasteiger partial charge is 0.343 e. The highest BCUT2D eigenvalue weighted by Gasteiger charge is 2.20.